The summed E-state index contributed by atoms with van der Waals surface area (Å²) in [6.45, 7) is 3.34. The molecule has 1 atom stereocenters. The summed E-state index contributed by atoms with van der Waals surface area (Å²) in [6.07, 6.45) is 2.63. The quantitative estimate of drug-likeness (QED) is 0.811. The lowest BCUT2D eigenvalue weighted by Crippen LogP contribution is -2.47. The van der Waals surface area contributed by atoms with E-state index in [-0.39, 0.29) is 23.8 Å². The molecule has 1 saturated heterocycles. The van der Waals surface area contributed by atoms with E-state index in [1.165, 1.54) is 10.6 Å². The third-order valence-corrected chi connectivity index (χ3v) is 6.93. The van der Waals surface area contributed by atoms with E-state index in [1.54, 1.807) is 0 Å². The first-order chi connectivity index (χ1) is 13.3. The zero-order valence-electron chi connectivity index (χ0n) is 16.5. The van der Waals surface area contributed by atoms with Gasteiger partial charge in [0.1, 0.15) is 0 Å². The Labute approximate surface area is 167 Å². The van der Waals surface area contributed by atoms with Crippen LogP contribution in [0.5, 0.6) is 0 Å². The molecule has 150 valence electrons. The highest BCUT2D eigenvalue weighted by atomic mass is 32.2. The molecule has 1 amide bonds. The van der Waals surface area contributed by atoms with E-state index >= 15 is 0 Å². The summed E-state index contributed by atoms with van der Waals surface area (Å²) in [5.74, 6) is -0.384. The van der Waals surface area contributed by atoms with E-state index in [0.717, 1.165) is 11.1 Å². The van der Waals surface area contributed by atoms with Crippen molar-refractivity contribution in [3.05, 3.63) is 71.8 Å². The van der Waals surface area contributed by atoms with Crippen molar-refractivity contribution in [3.63, 3.8) is 0 Å². The summed E-state index contributed by atoms with van der Waals surface area (Å²) in [7, 11) is -3.27. The van der Waals surface area contributed by atoms with Gasteiger partial charge in [0.25, 0.3) is 0 Å². The van der Waals surface area contributed by atoms with Crippen LogP contribution in [0.1, 0.15) is 30.9 Å². The predicted octanol–water partition coefficient (Wildman–Crippen LogP) is 2.78. The van der Waals surface area contributed by atoms with Crippen molar-refractivity contribution in [1.82, 2.24) is 9.62 Å². The second-order valence-electron chi connectivity index (χ2n) is 7.74. The molecule has 1 aliphatic heterocycles. The first-order valence-electron chi connectivity index (χ1n) is 9.64. The fourth-order valence-corrected chi connectivity index (χ4v) is 4.76. The Morgan fingerprint density at radius 2 is 1.61 bits per heavy atom. The number of carbonyl (C=O) groups is 1. The molecular weight excluding hydrogens is 372 g/mol. The third-order valence-electron chi connectivity index (χ3n) is 5.66. The van der Waals surface area contributed by atoms with Crippen LogP contribution in [0.4, 0.5) is 0 Å². The Kier molecular flexibility index (Phi) is 6.20. The number of hydrogen-bond acceptors (Lipinski definition) is 3. The highest BCUT2D eigenvalue weighted by Gasteiger charge is 2.33. The molecule has 1 fully saturated rings. The van der Waals surface area contributed by atoms with E-state index in [2.05, 4.69) is 36.5 Å². The van der Waals surface area contributed by atoms with Gasteiger partial charge in [0.05, 0.1) is 12.2 Å². The van der Waals surface area contributed by atoms with E-state index in [9.17, 15) is 13.2 Å². The van der Waals surface area contributed by atoms with Gasteiger partial charge in [-0.2, -0.15) is 0 Å². The zero-order valence-corrected chi connectivity index (χ0v) is 17.3. The highest BCUT2D eigenvalue weighted by Crippen LogP contribution is 2.31. The molecule has 2 aromatic carbocycles. The second kappa shape index (κ2) is 8.45. The average molecular weight is 401 g/mol. The Balaban J connectivity index is 1.76. The number of benzene rings is 2. The number of amides is 1. The maximum atomic E-state index is 12.8. The molecule has 1 aliphatic rings. The van der Waals surface area contributed by atoms with Gasteiger partial charge in [0, 0.05) is 25.0 Å². The van der Waals surface area contributed by atoms with E-state index in [0.29, 0.717) is 25.9 Å². The van der Waals surface area contributed by atoms with Crippen molar-refractivity contribution in [2.75, 3.05) is 25.9 Å². The normalized spacial score (nSPS) is 18.6. The molecular formula is C22H28N2O3S. The minimum Gasteiger partial charge on any atom is -0.355 e. The monoisotopic (exact) mass is 400 g/mol. The Bertz CT molecular complexity index is 858. The van der Waals surface area contributed by atoms with Crippen LogP contribution in [0.25, 0.3) is 0 Å². The molecule has 1 N–H and O–H groups in total. The molecule has 0 bridgehead atoms. The summed E-state index contributed by atoms with van der Waals surface area (Å²) in [6, 6.07) is 20.3. The highest BCUT2D eigenvalue weighted by molar-refractivity contribution is 7.88. The van der Waals surface area contributed by atoms with Crippen molar-refractivity contribution in [2.45, 2.75) is 25.2 Å². The molecule has 6 heteroatoms. The fraction of sp³-hybridized carbons (Fsp3) is 0.409. The summed E-state index contributed by atoms with van der Waals surface area (Å²) in [4.78, 5) is 12.8. The van der Waals surface area contributed by atoms with Gasteiger partial charge >= 0.3 is 0 Å². The van der Waals surface area contributed by atoms with Crippen LogP contribution in [-0.2, 0) is 20.2 Å². The molecule has 0 aliphatic carbocycles. The van der Waals surface area contributed by atoms with Gasteiger partial charge in [0.2, 0.25) is 15.9 Å². The van der Waals surface area contributed by atoms with E-state index in [1.807, 2.05) is 36.4 Å². The minimum absolute atomic E-state index is 0.0774. The van der Waals surface area contributed by atoms with E-state index in [4.69, 9.17) is 0 Å². The first-order valence-corrected chi connectivity index (χ1v) is 11.5. The Morgan fingerprint density at radius 3 is 2.11 bits per heavy atom. The maximum absolute atomic E-state index is 12.8. The van der Waals surface area contributed by atoms with Crippen LogP contribution in [0.2, 0.25) is 0 Å². The lowest BCUT2D eigenvalue weighted by molar-refractivity contribution is -0.126. The maximum Gasteiger partial charge on any atom is 0.224 e. The van der Waals surface area contributed by atoms with Gasteiger partial charge in [-0.25, -0.2) is 12.7 Å². The van der Waals surface area contributed by atoms with E-state index < -0.39 is 10.0 Å². The summed E-state index contributed by atoms with van der Waals surface area (Å²) in [5.41, 5.74) is 1.88. The number of rotatable bonds is 6. The summed E-state index contributed by atoms with van der Waals surface area (Å²) in [5, 5.41) is 3.10. The number of nitrogens with zero attached hydrogens (tertiary/aromatic N) is 1. The third kappa shape index (κ3) is 4.62. The molecule has 1 unspecified atom stereocenters. The topological polar surface area (TPSA) is 66.5 Å². The standard InChI is InChI=1S/C22H28N2O3S/c1-22(19-11-5-3-6-12-19,20-13-7-4-8-14-20)17-23-21(25)18-10-9-15-24(16-18)28(2,26)27/h3-8,11-14,18H,9-10,15-17H2,1-2H3,(H,23,25). The molecule has 0 saturated carbocycles. The predicted molar refractivity (Wildman–Crippen MR) is 111 cm³/mol. The molecule has 0 radical (unpaired) electrons. The van der Waals surface area contributed by atoms with Crippen LogP contribution in [-0.4, -0.2) is 44.5 Å². The lowest BCUT2D eigenvalue weighted by Gasteiger charge is -2.34. The largest absolute Gasteiger partial charge is 0.355 e. The van der Waals surface area contributed by atoms with Crippen molar-refractivity contribution in [2.24, 2.45) is 5.92 Å². The van der Waals surface area contributed by atoms with Gasteiger partial charge in [0.15, 0.2) is 0 Å². The SMILES string of the molecule is CC(CNC(=O)C1CCCN(S(C)(=O)=O)C1)(c1ccccc1)c1ccccc1. The Morgan fingerprint density at radius 1 is 1.07 bits per heavy atom. The lowest BCUT2D eigenvalue weighted by atomic mass is 9.76. The number of nitrogens with one attached hydrogen (secondary N) is 1. The van der Waals surface area contributed by atoms with Crippen LogP contribution in [0.3, 0.4) is 0 Å². The van der Waals surface area contributed by atoms with Crippen molar-refractivity contribution in [3.8, 4) is 0 Å². The first kappa shape index (κ1) is 20.6. The molecule has 0 spiro atoms. The smallest absolute Gasteiger partial charge is 0.224 e. The minimum atomic E-state index is -3.27. The van der Waals surface area contributed by atoms with Crippen LogP contribution < -0.4 is 5.32 Å². The van der Waals surface area contributed by atoms with Crippen molar-refractivity contribution < 1.29 is 13.2 Å². The van der Waals surface area contributed by atoms with Crippen LogP contribution >= 0.6 is 0 Å². The molecule has 1 heterocycles. The molecule has 2 aromatic rings. The van der Waals surface area contributed by atoms with Crippen LogP contribution in [0, 0.1) is 5.92 Å². The average Bonchev–Trinajstić information content (AvgIpc) is 2.72. The summed E-state index contributed by atoms with van der Waals surface area (Å²) >= 11 is 0. The molecule has 28 heavy (non-hydrogen) atoms. The van der Waals surface area contributed by atoms with Crippen molar-refractivity contribution >= 4 is 15.9 Å². The van der Waals surface area contributed by atoms with Gasteiger partial charge in [-0.3, -0.25) is 4.79 Å². The summed E-state index contributed by atoms with van der Waals surface area (Å²) < 4.78 is 25.1. The fourth-order valence-electron chi connectivity index (χ4n) is 3.85. The number of carbonyl (C=O) groups excluding carboxylic acids is 1. The van der Waals surface area contributed by atoms with Gasteiger partial charge in [-0.1, -0.05) is 60.7 Å². The van der Waals surface area contributed by atoms with Gasteiger partial charge in [-0.15, -0.1) is 0 Å². The van der Waals surface area contributed by atoms with Crippen molar-refractivity contribution in [1.29, 1.82) is 0 Å². The Hall–Kier alpha value is -2.18. The second-order valence-corrected chi connectivity index (χ2v) is 9.72. The zero-order chi connectivity index (χ0) is 20.2. The number of piperidine rings is 1. The van der Waals surface area contributed by atoms with Gasteiger partial charge < -0.3 is 5.32 Å². The molecule has 5 nitrogen and oxygen atoms in total. The molecule has 0 aromatic heterocycles. The number of hydrogen-bond donors (Lipinski definition) is 1. The molecule has 3 rings (SSSR count). The van der Waals surface area contributed by atoms with Gasteiger partial charge in [-0.05, 0) is 30.9 Å². The van der Waals surface area contributed by atoms with Crippen LogP contribution in [0.15, 0.2) is 60.7 Å². The number of sulfonamides is 1.